The zero-order valence-corrected chi connectivity index (χ0v) is 16.7. The van der Waals surface area contributed by atoms with Crippen molar-refractivity contribution >= 4 is 22.8 Å². The van der Waals surface area contributed by atoms with Crippen molar-refractivity contribution in [2.45, 2.75) is 12.5 Å². The molecule has 7 nitrogen and oxygen atoms in total. The Morgan fingerprint density at radius 3 is 2.58 bits per heavy atom. The topological polar surface area (TPSA) is 102 Å². The first-order valence-corrected chi connectivity index (χ1v) is 9.65. The third kappa shape index (κ3) is 4.56. The van der Waals surface area contributed by atoms with Gasteiger partial charge in [-0.1, -0.05) is 30.3 Å². The van der Waals surface area contributed by atoms with Gasteiger partial charge in [0.05, 0.1) is 12.8 Å². The molecule has 2 aromatic carbocycles. The van der Waals surface area contributed by atoms with Crippen LogP contribution in [0.1, 0.15) is 16.1 Å². The summed E-state index contributed by atoms with van der Waals surface area (Å²) in [5.74, 6) is -1.04. The van der Waals surface area contributed by atoms with E-state index in [1.165, 1.54) is 0 Å². The molecule has 1 amide bonds. The molecule has 156 valence electrons. The first-order chi connectivity index (χ1) is 15.0. The van der Waals surface area contributed by atoms with Gasteiger partial charge < -0.3 is 19.6 Å². The van der Waals surface area contributed by atoms with Crippen LogP contribution >= 0.6 is 0 Å². The van der Waals surface area contributed by atoms with Gasteiger partial charge in [-0.15, -0.1) is 0 Å². The number of carboxylic acids is 1. The van der Waals surface area contributed by atoms with Gasteiger partial charge in [0.15, 0.2) is 5.76 Å². The lowest BCUT2D eigenvalue weighted by Gasteiger charge is -2.14. The SMILES string of the molecule is COc1ccc2oc(C(=O)N[C@@H](Cc3ccc(-c4ccccn4)cc3)C(=O)O)cc2c1. The lowest BCUT2D eigenvalue weighted by molar-refractivity contribution is -0.139. The molecule has 7 heteroatoms. The van der Waals surface area contributed by atoms with Crippen LogP contribution in [0, 0.1) is 0 Å². The van der Waals surface area contributed by atoms with E-state index in [-0.39, 0.29) is 12.2 Å². The highest BCUT2D eigenvalue weighted by Crippen LogP contribution is 2.24. The van der Waals surface area contributed by atoms with Gasteiger partial charge in [-0.05, 0) is 42.0 Å². The van der Waals surface area contributed by atoms with Crippen molar-refractivity contribution in [2.24, 2.45) is 0 Å². The summed E-state index contributed by atoms with van der Waals surface area (Å²) in [4.78, 5) is 28.6. The zero-order chi connectivity index (χ0) is 21.8. The van der Waals surface area contributed by atoms with Crippen molar-refractivity contribution < 1.29 is 23.8 Å². The van der Waals surface area contributed by atoms with Crippen molar-refractivity contribution in [3.8, 4) is 17.0 Å². The predicted molar refractivity (Wildman–Crippen MR) is 115 cm³/mol. The van der Waals surface area contributed by atoms with E-state index in [4.69, 9.17) is 9.15 Å². The van der Waals surface area contributed by atoms with Crippen LogP contribution in [0.5, 0.6) is 5.75 Å². The number of benzene rings is 2. The van der Waals surface area contributed by atoms with Gasteiger partial charge in [0.25, 0.3) is 5.91 Å². The van der Waals surface area contributed by atoms with Gasteiger partial charge in [-0.3, -0.25) is 9.78 Å². The summed E-state index contributed by atoms with van der Waals surface area (Å²) in [5, 5.41) is 12.8. The van der Waals surface area contributed by atoms with E-state index in [1.807, 2.05) is 42.5 Å². The minimum atomic E-state index is -1.13. The predicted octanol–water partition coefficient (Wildman–Crippen LogP) is 3.93. The third-order valence-corrected chi connectivity index (χ3v) is 4.91. The number of hydrogen-bond acceptors (Lipinski definition) is 5. The standard InChI is InChI=1S/C24H20N2O5/c1-30-18-9-10-21-17(13-18)14-22(31-21)23(27)26-20(24(28)29)12-15-5-7-16(8-6-15)19-4-2-3-11-25-19/h2-11,13-14,20H,12H2,1H3,(H,26,27)(H,28,29)/t20-/m0/s1. The Labute approximate surface area is 178 Å². The summed E-state index contributed by atoms with van der Waals surface area (Å²) < 4.78 is 10.7. The van der Waals surface area contributed by atoms with Crippen LogP contribution in [0.2, 0.25) is 0 Å². The second-order valence-electron chi connectivity index (χ2n) is 6.99. The van der Waals surface area contributed by atoms with E-state index in [2.05, 4.69) is 10.3 Å². The molecule has 0 aliphatic rings. The van der Waals surface area contributed by atoms with Crippen molar-refractivity contribution in [3.05, 3.63) is 84.3 Å². The van der Waals surface area contributed by atoms with Crippen LogP contribution in [0.3, 0.4) is 0 Å². The van der Waals surface area contributed by atoms with Crippen molar-refractivity contribution in [1.29, 1.82) is 0 Å². The number of hydrogen-bond donors (Lipinski definition) is 2. The number of aromatic nitrogens is 1. The normalized spacial score (nSPS) is 11.8. The Morgan fingerprint density at radius 2 is 1.90 bits per heavy atom. The molecule has 0 radical (unpaired) electrons. The quantitative estimate of drug-likeness (QED) is 0.473. The zero-order valence-electron chi connectivity index (χ0n) is 16.7. The second kappa shape index (κ2) is 8.71. The number of furan rings is 1. The molecule has 4 rings (SSSR count). The number of pyridine rings is 1. The molecule has 1 atom stereocenters. The van der Waals surface area contributed by atoms with Crippen molar-refractivity contribution in [2.75, 3.05) is 7.11 Å². The fraction of sp³-hybridized carbons (Fsp3) is 0.125. The molecule has 0 saturated carbocycles. The average Bonchev–Trinajstić information content (AvgIpc) is 3.23. The number of rotatable bonds is 7. The van der Waals surface area contributed by atoms with E-state index in [9.17, 15) is 14.7 Å². The Morgan fingerprint density at radius 1 is 1.10 bits per heavy atom. The van der Waals surface area contributed by atoms with Gasteiger partial charge in [0, 0.05) is 23.6 Å². The van der Waals surface area contributed by atoms with Crippen LogP contribution in [-0.4, -0.2) is 35.1 Å². The molecule has 0 unspecified atom stereocenters. The molecular weight excluding hydrogens is 396 g/mol. The number of fused-ring (bicyclic) bond motifs is 1. The van der Waals surface area contributed by atoms with Crippen LogP contribution < -0.4 is 10.1 Å². The number of aliphatic carboxylic acids is 1. The lowest BCUT2D eigenvalue weighted by Crippen LogP contribution is -2.42. The number of methoxy groups -OCH3 is 1. The van der Waals surface area contributed by atoms with Crippen LogP contribution in [0.4, 0.5) is 0 Å². The molecule has 2 aromatic heterocycles. The monoisotopic (exact) mass is 416 g/mol. The number of carboxylic acid groups (broad SMARTS) is 1. The highest BCUT2D eigenvalue weighted by molar-refractivity contribution is 5.98. The van der Waals surface area contributed by atoms with Gasteiger partial charge in [-0.2, -0.15) is 0 Å². The number of amides is 1. The van der Waals surface area contributed by atoms with E-state index >= 15 is 0 Å². The number of ether oxygens (including phenoxy) is 1. The van der Waals surface area contributed by atoms with E-state index in [0.29, 0.717) is 16.7 Å². The summed E-state index contributed by atoms with van der Waals surface area (Å²) in [6, 6.07) is 18.7. The first kappa shape index (κ1) is 20.2. The molecule has 0 spiro atoms. The minimum absolute atomic E-state index is 0.0417. The van der Waals surface area contributed by atoms with E-state index in [1.54, 1.807) is 37.6 Å². The lowest BCUT2D eigenvalue weighted by atomic mass is 10.0. The Bertz CT molecular complexity index is 1220. The van der Waals surface area contributed by atoms with Gasteiger partial charge in [-0.25, -0.2) is 4.79 Å². The smallest absolute Gasteiger partial charge is 0.326 e. The number of carbonyl (C=O) groups is 2. The molecule has 31 heavy (non-hydrogen) atoms. The fourth-order valence-electron chi connectivity index (χ4n) is 3.27. The maximum absolute atomic E-state index is 12.6. The summed E-state index contributed by atoms with van der Waals surface area (Å²) in [6.45, 7) is 0. The van der Waals surface area contributed by atoms with Crippen molar-refractivity contribution in [3.63, 3.8) is 0 Å². The van der Waals surface area contributed by atoms with Gasteiger partial charge >= 0.3 is 5.97 Å². The molecular formula is C24H20N2O5. The summed E-state index contributed by atoms with van der Waals surface area (Å²) in [5.41, 5.74) is 3.06. The Balaban J connectivity index is 1.48. The van der Waals surface area contributed by atoms with Crippen LogP contribution in [0.25, 0.3) is 22.2 Å². The van der Waals surface area contributed by atoms with Crippen LogP contribution in [0.15, 0.2) is 77.3 Å². The molecule has 4 aromatic rings. The molecule has 0 aliphatic heterocycles. The number of carbonyl (C=O) groups excluding carboxylic acids is 1. The molecule has 2 N–H and O–H groups in total. The third-order valence-electron chi connectivity index (χ3n) is 4.91. The number of nitrogens with one attached hydrogen (secondary N) is 1. The molecule has 0 aliphatic carbocycles. The summed E-state index contributed by atoms with van der Waals surface area (Å²) >= 11 is 0. The molecule has 0 fully saturated rings. The fourth-order valence-corrected chi connectivity index (χ4v) is 3.27. The summed E-state index contributed by atoms with van der Waals surface area (Å²) in [6.07, 6.45) is 1.85. The average molecular weight is 416 g/mol. The molecule has 0 saturated heterocycles. The summed E-state index contributed by atoms with van der Waals surface area (Å²) in [7, 11) is 1.55. The highest BCUT2D eigenvalue weighted by Gasteiger charge is 2.23. The van der Waals surface area contributed by atoms with E-state index in [0.717, 1.165) is 16.8 Å². The first-order valence-electron chi connectivity index (χ1n) is 9.65. The maximum atomic E-state index is 12.6. The van der Waals surface area contributed by atoms with Crippen molar-refractivity contribution in [1.82, 2.24) is 10.3 Å². The Hall–Kier alpha value is -4.13. The minimum Gasteiger partial charge on any atom is -0.497 e. The molecule has 0 bridgehead atoms. The largest absolute Gasteiger partial charge is 0.497 e. The second-order valence-corrected chi connectivity index (χ2v) is 6.99. The molecule has 2 heterocycles. The number of nitrogens with zero attached hydrogens (tertiary/aromatic N) is 1. The van der Waals surface area contributed by atoms with E-state index < -0.39 is 17.9 Å². The van der Waals surface area contributed by atoms with Crippen LogP contribution in [-0.2, 0) is 11.2 Å². The van der Waals surface area contributed by atoms with Gasteiger partial charge in [0.1, 0.15) is 17.4 Å². The highest BCUT2D eigenvalue weighted by atomic mass is 16.5. The van der Waals surface area contributed by atoms with Gasteiger partial charge in [0.2, 0.25) is 0 Å². The Kier molecular flexibility index (Phi) is 5.66. The maximum Gasteiger partial charge on any atom is 0.326 e.